The average molecular weight is 150 g/mol. The molecule has 0 fully saturated rings. The van der Waals surface area contributed by atoms with E-state index in [9.17, 15) is 0 Å². The van der Waals surface area contributed by atoms with Gasteiger partial charge < -0.3 is 0 Å². The van der Waals surface area contributed by atoms with Crippen LogP contribution in [0.2, 0.25) is 0 Å². The highest BCUT2D eigenvalue weighted by molar-refractivity contribution is 5.18. The monoisotopic (exact) mass is 150 g/mol. The fraction of sp³-hybridized carbons (Fsp3) is 0.556. The number of hydrogen-bond acceptors (Lipinski definition) is 2. The minimum absolute atomic E-state index is 0.531. The molecule has 0 amide bonds. The lowest BCUT2D eigenvalue weighted by atomic mass is 10.0. The van der Waals surface area contributed by atoms with Crippen molar-refractivity contribution in [1.29, 1.82) is 0 Å². The third kappa shape index (κ3) is 1.76. The van der Waals surface area contributed by atoms with Crippen molar-refractivity contribution in [3.63, 3.8) is 0 Å². The first-order valence-electron chi connectivity index (χ1n) is 4.04. The molecule has 0 spiro atoms. The second-order valence-electron chi connectivity index (χ2n) is 2.91. The van der Waals surface area contributed by atoms with E-state index in [2.05, 4.69) is 31.0 Å². The van der Waals surface area contributed by atoms with Crippen LogP contribution in [0.1, 0.15) is 37.4 Å². The standard InChI is InChI=1S/C9H14N2/c1-4-7(2)9-8(3)5-6-10-11-9/h5-7H,4H2,1-3H3. The van der Waals surface area contributed by atoms with Crippen LogP contribution in [0.15, 0.2) is 12.3 Å². The van der Waals surface area contributed by atoms with E-state index in [4.69, 9.17) is 0 Å². The van der Waals surface area contributed by atoms with Crippen LogP contribution in [0.5, 0.6) is 0 Å². The Bertz CT molecular complexity index is 233. The highest BCUT2D eigenvalue weighted by atomic mass is 15.1. The topological polar surface area (TPSA) is 25.8 Å². The lowest BCUT2D eigenvalue weighted by molar-refractivity contribution is 0.683. The molecule has 1 atom stereocenters. The molecule has 0 saturated heterocycles. The summed E-state index contributed by atoms with van der Waals surface area (Å²) in [5.41, 5.74) is 2.38. The summed E-state index contributed by atoms with van der Waals surface area (Å²) in [4.78, 5) is 0. The number of nitrogens with zero attached hydrogens (tertiary/aromatic N) is 2. The highest BCUT2D eigenvalue weighted by Gasteiger charge is 2.06. The van der Waals surface area contributed by atoms with E-state index < -0.39 is 0 Å². The second kappa shape index (κ2) is 3.46. The second-order valence-corrected chi connectivity index (χ2v) is 2.91. The molecule has 1 rings (SSSR count). The molecule has 2 heteroatoms. The molecule has 1 aromatic heterocycles. The molecule has 11 heavy (non-hydrogen) atoms. The Labute approximate surface area is 67.7 Å². The maximum absolute atomic E-state index is 4.10. The number of aromatic nitrogens is 2. The quantitative estimate of drug-likeness (QED) is 0.646. The summed E-state index contributed by atoms with van der Waals surface area (Å²) in [6.07, 6.45) is 2.86. The van der Waals surface area contributed by atoms with Crippen LogP contribution in [0.4, 0.5) is 0 Å². The van der Waals surface area contributed by atoms with Gasteiger partial charge in [0.15, 0.2) is 0 Å². The highest BCUT2D eigenvalue weighted by Crippen LogP contribution is 2.17. The third-order valence-electron chi connectivity index (χ3n) is 2.04. The van der Waals surface area contributed by atoms with Gasteiger partial charge in [-0.3, -0.25) is 0 Å². The smallest absolute Gasteiger partial charge is 0.0688 e. The predicted octanol–water partition coefficient (Wildman–Crippen LogP) is 2.30. The lowest BCUT2D eigenvalue weighted by Crippen LogP contribution is -1.99. The molecule has 0 saturated carbocycles. The summed E-state index contributed by atoms with van der Waals surface area (Å²) in [6, 6.07) is 2.01. The van der Waals surface area contributed by atoms with Gasteiger partial charge in [-0.25, -0.2) is 0 Å². The molecule has 1 heterocycles. The fourth-order valence-electron chi connectivity index (χ4n) is 1.09. The zero-order valence-electron chi connectivity index (χ0n) is 7.33. The van der Waals surface area contributed by atoms with E-state index in [-0.39, 0.29) is 0 Å². The van der Waals surface area contributed by atoms with E-state index in [1.165, 1.54) is 5.56 Å². The molecule has 0 bridgehead atoms. The van der Waals surface area contributed by atoms with E-state index in [1.54, 1.807) is 6.20 Å². The van der Waals surface area contributed by atoms with Crippen molar-refractivity contribution < 1.29 is 0 Å². The first-order chi connectivity index (χ1) is 5.25. The summed E-state index contributed by atoms with van der Waals surface area (Å²) >= 11 is 0. The average Bonchev–Trinajstić information content (AvgIpc) is 2.04. The molecular weight excluding hydrogens is 136 g/mol. The van der Waals surface area contributed by atoms with Gasteiger partial charge in [0.1, 0.15) is 0 Å². The number of aryl methyl sites for hydroxylation is 1. The van der Waals surface area contributed by atoms with Crippen molar-refractivity contribution >= 4 is 0 Å². The normalized spacial score (nSPS) is 13.0. The zero-order valence-corrected chi connectivity index (χ0v) is 7.33. The number of rotatable bonds is 2. The van der Waals surface area contributed by atoms with Crippen molar-refractivity contribution in [3.8, 4) is 0 Å². The molecule has 1 aromatic rings. The minimum Gasteiger partial charge on any atom is -0.159 e. The zero-order chi connectivity index (χ0) is 8.27. The Hall–Kier alpha value is -0.920. The number of hydrogen-bond donors (Lipinski definition) is 0. The Morgan fingerprint density at radius 3 is 2.82 bits per heavy atom. The maximum Gasteiger partial charge on any atom is 0.0688 e. The SMILES string of the molecule is CCC(C)c1nnccc1C. The Kier molecular flexibility index (Phi) is 2.58. The molecule has 0 aliphatic carbocycles. The van der Waals surface area contributed by atoms with Gasteiger partial charge in [0.2, 0.25) is 0 Å². The summed E-state index contributed by atoms with van der Waals surface area (Å²) in [7, 11) is 0. The minimum atomic E-state index is 0.531. The van der Waals surface area contributed by atoms with Gasteiger partial charge >= 0.3 is 0 Å². The Morgan fingerprint density at radius 2 is 2.27 bits per heavy atom. The molecule has 0 aromatic carbocycles. The van der Waals surface area contributed by atoms with Gasteiger partial charge in [-0.1, -0.05) is 13.8 Å². The molecule has 0 aliphatic rings. The van der Waals surface area contributed by atoms with Crippen LogP contribution < -0.4 is 0 Å². The summed E-state index contributed by atoms with van der Waals surface area (Å²) < 4.78 is 0. The van der Waals surface area contributed by atoms with Gasteiger partial charge in [-0.2, -0.15) is 10.2 Å². The molecule has 0 aliphatic heterocycles. The fourth-order valence-corrected chi connectivity index (χ4v) is 1.09. The molecule has 0 N–H and O–H groups in total. The molecular formula is C9H14N2. The van der Waals surface area contributed by atoms with Gasteiger partial charge in [0.05, 0.1) is 5.69 Å². The molecule has 1 unspecified atom stereocenters. The van der Waals surface area contributed by atoms with E-state index in [0.717, 1.165) is 12.1 Å². The first kappa shape index (κ1) is 8.18. The Balaban J connectivity index is 2.93. The molecule has 2 nitrogen and oxygen atoms in total. The largest absolute Gasteiger partial charge is 0.159 e. The molecule has 0 radical (unpaired) electrons. The van der Waals surface area contributed by atoms with Crippen molar-refractivity contribution in [2.24, 2.45) is 0 Å². The maximum atomic E-state index is 4.10. The van der Waals surface area contributed by atoms with E-state index in [0.29, 0.717) is 5.92 Å². The lowest BCUT2D eigenvalue weighted by Gasteiger charge is -2.08. The van der Waals surface area contributed by atoms with Crippen molar-refractivity contribution in [3.05, 3.63) is 23.5 Å². The first-order valence-corrected chi connectivity index (χ1v) is 4.04. The summed E-state index contributed by atoms with van der Waals surface area (Å²) in [5.74, 6) is 0.531. The van der Waals surface area contributed by atoms with Gasteiger partial charge in [-0.15, -0.1) is 0 Å². The molecule has 60 valence electrons. The van der Waals surface area contributed by atoms with Crippen molar-refractivity contribution in [1.82, 2.24) is 10.2 Å². The van der Waals surface area contributed by atoms with E-state index >= 15 is 0 Å². The van der Waals surface area contributed by atoms with Crippen molar-refractivity contribution in [2.45, 2.75) is 33.1 Å². The van der Waals surface area contributed by atoms with Crippen LogP contribution in [-0.2, 0) is 0 Å². The van der Waals surface area contributed by atoms with Gasteiger partial charge in [0, 0.05) is 12.1 Å². The van der Waals surface area contributed by atoms with Crippen LogP contribution in [0.25, 0.3) is 0 Å². The predicted molar refractivity (Wildman–Crippen MR) is 45.5 cm³/mol. The van der Waals surface area contributed by atoms with Crippen LogP contribution in [-0.4, -0.2) is 10.2 Å². The van der Waals surface area contributed by atoms with Crippen molar-refractivity contribution in [2.75, 3.05) is 0 Å². The van der Waals surface area contributed by atoms with Gasteiger partial charge in [-0.05, 0) is 25.0 Å². The third-order valence-corrected chi connectivity index (χ3v) is 2.04. The van der Waals surface area contributed by atoms with Crippen LogP contribution >= 0.6 is 0 Å². The van der Waals surface area contributed by atoms with Crippen LogP contribution in [0, 0.1) is 6.92 Å². The van der Waals surface area contributed by atoms with Crippen LogP contribution in [0.3, 0.4) is 0 Å². The summed E-state index contributed by atoms with van der Waals surface area (Å²) in [5, 5.41) is 7.96. The Morgan fingerprint density at radius 1 is 1.55 bits per heavy atom. The summed E-state index contributed by atoms with van der Waals surface area (Å²) in [6.45, 7) is 6.42. The van der Waals surface area contributed by atoms with E-state index in [1.807, 2.05) is 6.07 Å². The van der Waals surface area contributed by atoms with Gasteiger partial charge in [0.25, 0.3) is 0 Å².